The van der Waals surface area contributed by atoms with Gasteiger partial charge in [0, 0.05) is 19.3 Å². The van der Waals surface area contributed by atoms with Gasteiger partial charge in [-0.25, -0.2) is 18.2 Å². The van der Waals surface area contributed by atoms with Crippen molar-refractivity contribution in [2.75, 3.05) is 31.6 Å². The van der Waals surface area contributed by atoms with Crippen LogP contribution in [0.1, 0.15) is 12.0 Å². The van der Waals surface area contributed by atoms with Gasteiger partial charge < -0.3 is 30.1 Å². The van der Waals surface area contributed by atoms with E-state index in [0.717, 1.165) is 5.56 Å². The predicted octanol–water partition coefficient (Wildman–Crippen LogP) is 1.84. The van der Waals surface area contributed by atoms with Gasteiger partial charge in [-0.1, -0.05) is 54.6 Å². The largest absolute Gasteiger partial charge is 0.480 e. The van der Waals surface area contributed by atoms with E-state index in [2.05, 4.69) is 20.3 Å². The van der Waals surface area contributed by atoms with Crippen molar-refractivity contribution in [2.24, 2.45) is 0 Å². The highest BCUT2D eigenvalue weighted by molar-refractivity contribution is 7.89. The quantitative estimate of drug-likeness (QED) is 0.210. The standard InChI is InChI=1S/C29H33N5O8S/c35-27(32-17-25(28(36)37)33-43(39,40)24-11-5-2-6-12-24)20-41-23-15-22(16-31-26-13-7-8-14-30-26)34(18-23)29(38)42-19-21-9-3-1-4-10-21/h1-14,22-23,25,33H,15-20H2,(H,30,31)(H,32,35)(H,36,37)/t22-,23+,25-/m0/s1. The molecule has 43 heavy (non-hydrogen) atoms. The summed E-state index contributed by atoms with van der Waals surface area (Å²) in [5, 5.41) is 15.1. The van der Waals surface area contributed by atoms with Crippen LogP contribution in [0.25, 0.3) is 0 Å². The molecule has 0 aliphatic carbocycles. The van der Waals surface area contributed by atoms with Gasteiger partial charge in [0.05, 0.1) is 23.6 Å². The molecule has 1 saturated heterocycles. The van der Waals surface area contributed by atoms with Crippen molar-refractivity contribution < 1.29 is 37.4 Å². The van der Waals surface area contributed by atoms with Crippen LogP contribution >= 0.6 is 0 Å². The number of carbonyl (C=O) groups is 3. The van der Waals surface area contributed by atoms with Crippen molar-refractivity contribution in [3.05, 3.63) is 90.6 Å². The molecular weight excluding hydrogens is 578 g/mol. The lowest BCUT2D eigenvalue weighted by Crippen LogP contribution is -2.49. The number of pyridine rings is 1. The minimum absolute atomic E-state index is 0.100. The van der Waals surface area contributed by atoms with Gasteiger partial charge in [-0.15, -0.1) is 0 Å². The van der Waals surface area contributed by atoms with Crippen molar-refractivity contribution in [1.82, 2.24) is 19.9 Å². The zero-order valence-electron chi connectivity index (χ0n) is 23.2. The van der Waals surface area contributed by atoms with Crippen molar-refractivity contribution in [3.63, 3.8) is 0 Å². The van der Waals surface area contributed by atoms with E-state index in [0.29, 0.717) is 18.8 Å². The normalized spacial score (nSPS) is 17.2. The molecule has 0 spiro atoms. The van der Waals surface area contributed by atoms with Gasteiger partial charge in [-0.3, -0.25) is 9.59 Å². The smallest absolute Gasteiger partial charge is 0.410 e. The molecule has 3 atom stereocenters. The molecule has 13 nitrogen and oxygen atoms in total. The van der Waals surface area contributed by atoms with Crippen LogP contribution in [0.2, 0.25) is 0 Å². The van der Waals surface area contributed by atoms with Crippen LogP contribution in [0, 0.1) is 0 Å². The number of hydrogen-bond acceptors (Lipinski definition) is 9. The number of carboxylic acid groups (broad SMARTS) is 1. The Bertz CT molecular complexity index is 1460. The van der Waals surface area contributed by atoms with Crippen molar-refractivity contribution in [2.45, 2.75) is 36.1 Å². The van der Waals surface area contributed by atoms with Crippen molar-refractivity contribution in [3.8, 4) is 0 Å². The molecule has 1 fully saturated rings. The molecule has 2 aromatic carbocycles. The number of likely N-dealkylation sites (tertiary alicyclic amines) is 1. The molecule has 0 saturated carbocycles. The fourth-order valence-corrected chi connectivity index (χ4v) is 5.61. The Morgan fingerprint density at radius 3 is 2.37 bits per heavy atom. The van der Waals surface area contributed by atoms with Gasteiger partial charge in [-0.2, -0.15) is 4.72 Å². The molecule has 2 heterocycles. The number of anilines is 1. The molecule has 4 N–H and O–H groups in total. The van der Waals surface area contributed by atoms with Crippen LogP contribution in [0.4, 0.5) is 10.6 Å². The Morgan fingerprint density at radius 1 is 1.00 bits per heavy atom. The minimum atomic E-state index is -4.12. The number of nitrogens with one attached hydrogen (secondary N) is 3. The molecule has 0 bridgehead atoms. The first-order chi connectivity index (χ1) is 20.7. The third kappa shape index (κ3) is 9.49. The highest BCUT2D eigenvalue weighted by atomic mass is 32.2. The summed E-state index contributed by atoms with van der Waals surface area (Å²) in [6.45, 7) is -0.280. The van der Waals surface area contributed by atoms with E-state index in [1.165, 1.54) is 24.3 Å². The number of aliphatic carboxylic acids is 1. The summed E-state index contributed by atoms with van der Waals surface area (Å²) in [4.78, 5) is 42.8. The number of aromatic nitrogens is 1. The second-order valence-electron chi connectivity index (χ2n) is 9.74. The number of nitrogens with zero attached hydrogens (tertiary/aromatic N) is 2. The molecule has 1 aromatic heterocycles. The lowest BCUT2D eigenvalue weighted by Gasteiger charge is -2.24. The SMILES string of the molecule is O=C(CO[C@@H]1C[C@@H](CNc2ccccn2)N(C(=O)OCc2ccccc2)C1)NC[C@H](NS(=O)(=O)c1ccccc1)C(=O)O. The van der Waals surface area contributed by atoms with Crippen molar-refractivity contribution in [1.29, 1.82) is 0 Å². The number of sulfonamides is 1. The number of benzene rings is 2. The van der Waals surface area contributed by atoms with Gasteiger partial charge in [0.15, 0.2) is 0 Å². The predicted molar refractivity (Wildman–Crippen MR) is 155 cm³/mol. The monoisotopic (exact) mass is 611 g/mol. The number of carbonyl (C=O) groups excluding carboxylic acids is 2. The summed E-state index contributed by atoms with van der Waals surface area (Å²) in [6, 6.07) is 20.1. The molecule has 14 heteroatoms. The lowest BCUT2D eigenvalue weighted by atomic mass is 10.2. The maximum atomic E-state index is 13.0. The van der Waals surface area contributed by atoms with Gasteiger partial charge >= 0.3 is 12.1 Å². The van der Waals surface area contributed by atoms with E-state index in [9.17, 15) is 27.9 Å². The summed E-state index contributed by atoms with van der Waals surface area (Å²) in [5.41, 5.74) is 0.841. The van der Waals surface area contributed by atoms with Crippen LogP contribution < -0.4 is 15.4 Å². The summed E-state index contributed by atoms with van der Waals surface area (Å²) >= 11 is 0. The van der Waals surface area contributed by atoms with E-state index in [1.54, 1.807) is 29.3 Å². The maximum absolute atomic E-state index is 13.0. The van der Waals surface area contributed by atoms with Gasteiger partial charge in [0.1, 0.15) is 25.1 Å². The van der Waals surface area contributed by atoms with E-state index >= 15 is 0 Å². The summed E-state index contributed by atoms with van der Waals surface area (Å²) in [6.07, 6.45) is 1.02. The Balaban J connectivity index is 1.30. The van der Waals surface area contributed by atoms with E-state index in [-0.39, 0.29) is 24.1 Å². The van der Waals surface area contributed by atoms with Crippen LogP contribution in [0.5, 0.6) is 0 Å². The number of amides is 2. The van der Waals surface area contributed by atoms with E-state index in [4.69, 9.17) is 9.47 Å². The third-order valence-corrected chi connectivity index (χ3v) is 8.09. The van der Waals surface area contributed by atoms with Gasteiger partial charge in [-0.05, 0) is 36.2 Å². The van der Waals surface area contributed by atoms with Gasteiger partial charge in [0.25, 0.3) is 0 Å². The summed E-state index contributed by atoms with van der Waals surface area (Å²) < 4.78 is 38.4. The Labute approximate surface area is 249 Å². The molecular formula is C29H33N5O8S. The average Bonchev–Trinajstić information content (AvgIpc) is 3.44. The molecule has 3 aromatic rings. The molecule has 0 unspecified atom stereocenters. The molecule has 4 rings (SSSR count). The van der Waals surface area contributed by atoms with Crippen LogP contribution in [0.15, 0.2) is 90.0 Å². The van der Waals surface area contributed by atoms with E-state index < -0.39 is 53.3 Å². The summed E-state index contributed by atoms with van der Waals surface area (Å²) in [7, 11) is -4.12. The zero-order chi connectivity index (χ0) is 30.7. The first-order valence-electron chi connectivity index (χ1n) is 13.5. The molecule has 228 valence electrons. The highest BCUT2D eigenvalue weighted by Crippen LogP contribution is 2.22. The molecule has 1 aliphatic rings. The third-order valence-electron chi connectivity index (χ3n) is 6.60. The Hall–Kier alpha value is -4.53. The van der Waals surface area contributed by atoms with Crippen molar-refractivity contribution >= 4 is 33.8 Å². The lowest BCUT2D eigenvalue weighted by molar-refractivity contribution is -0.139. The van der Waals surface area contributed by atoms with Crippen LogP contribution in [-0.4, -0.2) is 85.8 Å². The second kappa shape index (κ2) is 15.1. The molecule has 1 aliphatic heterocycles. The van der Waals surface area contributed by atoms with Gasteiger partial charge in [0.2, 0.25) is 15.9 Å². The second-order valence-corrected chi connectivity index (χ2v) is 11.5. The Morgan fingerprint density at radius 2 is 1.70 bits per heavy atom. The summed E-state index contributed by atoms with van der Waals surface area (Å²) in [5.74, 6) is -1.46. The highest BCUT2D eigenvalue weighted by Gasteiger charge is 2.37. The topological polar surface area (TPSA) is 176 Å². The first-order valence-corrected chi connectivity index (χ1v) is 15.0. The first kappa shape index (κ1) is 31.4. The fourth-order valence-electron chi connectivity index (χ4n) is 4.40. The number of ether oxygens (including phenoxy) is 2. The molecule has 2 amide bonds. The number of carboxylic acids is 1. The fraction of sp³-hybridized carbons (Fsp3) is 0.310. The average molecular weight is 612 g/mol. The van der Waals surface area contributed by atoms with Crippen LogP contribution in [-0.2, 0) is 35.7 Å². The molecule has 0 radical (unpaired) electrons. The number of rotatable bonds is 14. The Kier molecular flexibility index (Phi) is 11.0. The van der Waals surface area contributed by atoms with E-state index in [1.807, 2.05) is 36.4 Å². The zero-order valence-corrected chi connectivity index (χ0v) is 24.0. The maximum Gasteiger partial charge on any atom is 0.410 e. The number of hydrogen-bond donors (Lipinski definition) is 4. The van der Waals surface area contributed by atoms with Crippen LogP contribution in [0.3, 0.4) is 0 Å². The minimum Gasteiger partial charge on any atom is -0.480 e.